The number of anilines is 2. The van der Waals surface area contributed by atoms with Crippen LogP contribution in [0.15, 0.2) is 42.5 Å². The van der Waals surface area contributed by atoms with E-state index in [1.165, 1.54) is 24.3 Å². The number of rotatable bonds is 4. The summed E-state index contributed by atoms with van der Waals surface area (Å²) in [6.45, 7) is -2.91. The first-order valence-corrected chi connectivity index (χ1v) is 6.80. The average molecular weight is 318 g/mol. The number of fused-ring (bicyclic) bond motifs is 1. The molecule has 0 spiro atoms. The molecule has 5 nitrogen and oxygen atoms in total. The lowest BCUT2D eigenvalue weighted by Gasteiger charge is -2.08. The summed E-state index contributed by atoms with van der Waals surface area (Å²) in [4.78, 5) is 23.4. The Labute approximate surface area is 130 Å². The van der Waals surface area contributed by atoms with Gasteiger partial charge < -0.3 is 15.4 Å². The number of carbonyl (C=O) groups excluding carboxylic acids is 2. The van der Waals surface area contributed by atoms with E-state index in [1.54, 1.807) is 18.2 Å². The third kappa shape index (κ3) is 3.45. The van der Waals surface area contributed by atoms with E-state index in [-0.39, 0.29) is 24.0 Å². The zero-order valence-electron chi connectivity index (χ0n) is 11.8. The van der Waals surface area contributed by atoms with Crippen molar-refractivity contribution in [2.24, 2.45) is 0 Å². The van der Waals surface area contributed by atoms with Gasteiger partial charge in [0.25, 0.3) is 5.91 Å². The number of halogens is 2. The van der Waals surface area contributed by atoms with Gasteiger partial charge in [0.05, 0.1) is 6.42 Å². The lowest BCUT2D eigenvalue weighted by atomic mass is 10.1. The van der Waals surface area contributed by atoms with Crippen LogP contribution < -0.4 is 15.4 Å². The fourth-order valence-electron chi connectivity index (χ4n) is 2.30. The second-order valence-corrected chi connectivity index (χ2v) is 4.95. The normalized spacial score (nSPS) is 12.7. The maximum absolute atomic E-state index is 12.1. The SMILES string of the molecule is O=C1Cc2cc(NC(=O)c3ccc(OC(F)F)cc3)ccc2N1. The number of amides is 2. The Morgan fingerprint density at radius 1 is 1.17 bits per heavy atom. The predicted molar refractivity (Wildman–Crippen MR) is 79.8 cm³/mol. The van der Waals surface area contributed by atoms with Gasteiger partial charge in [-0.3, -0.25) is 9.59 Å². The van der Waals surface area contributed by atoms with Crippen molar-refractivity contribution in [1.29, 1.82) is 0 Å². The molecule has 7 heteroatoms. The largest absolute Gasteiger partial charge is 0.435 e. The highest BCUT2D eigenvalue weighted by Gasteiger charge is 2.18. The molecule has 0 bridgehead atoms. The standard InChI is InChI=1S/C16H12F2N2O3/c17-16(18)23-12-4-1-9(2-5-12)15(22)19-11-3-6-13-10(7-11)8-14(21)20-13/h1-7,16H,8H2,(H,19,22)(H,20,21). The molecule has 3 rings (SSSR count). The van der Waals surface area contributed by atoms with Crippen LogP contribution in [0.4, 0.5) is 20.2 Å². The van der Waals surface area contributed by atoms with Gasteiger partial charge in [-0.15, -0.1) is 0 Å². The highest BCUT2D eigenvalue weighted by Crippen LogP contribution is 2.26. The minimum absolute atomic E-state index is 0.0151. The molecule has 0 atom stereocenters. The van der Waals surface area contributed by atoms with Crippen LogP contribution in [0, 0.1) is 0 Å². The molecule has 0 aromatic heterocycles. The zero-order valence-corrected chi connectivity index (χ0v) is 11.8. The Morgan fingerprint density at radius 2 is 1.91 bits per heavy atom. The van der Waals surface area contributed by atoms with Gasteiger partial charge in [0.1, 0.15) is 5.75 Å². The predicted octanol–water partition coefficient (Wildman–Crippen LogP) is 3.03. The van der Waals surface area contributed by atoms with Crippen LogP contribution in [0.25, 0.3) is 0 Å². The summed E-state index contributed by atoms with van der Waals surface area (Å²) in [5, 5.41) is 5.40. The number of hydrogen-bond donors (Lipinski definition) is 2. The first-order valence-electron chi connectivity index (χ1n) is 6.80. The summed E-state index contributed by atoms with van der Waals surface area (Å²) >= 11 is 0. The molecule has 23 heavy (non-hydrogen) atoms. The third-order valence-electron chi connectivity index (χ3n) is 3.33. The van der Waals surface area contributed by atoms with Crippen molar-refractivity contribution in [3.8, 4) is 5.75 Å². The van der Waals surface area contributed by atoms with Crippen LogP contribution in [0.2, 0.25) is 0 Å². The van der Waals surface area contributed by atoms with E-state index in [2.05, 4.69) is 15.4 Å². The van der Waals surface area contributed by atoms with Crippen molar-refractivity contribution in [2.75, 3.05) is 10.6 Å². The summed E-state index contributed by atoms with van der Waals surface area (Å²) in [6, 6.07) is 10.5. The molecule has 0 saturated heterocycles. The van der Waals surface area contributed by atoms with E-state index in [0.29, 0.717) is 11.3 Å². The highest BCUT2D eigenvalue weighted by molar-refractivity contribution is 6.05. The van der Waals surface area contributed by atoms with E-state index in [9.17, 15) is 18.4 Å². The topological polar surface area (TPSA) is 67.4 Å². The number of alkyl halides is 2. The van der Waals surface area contributed by atoms with Crippen molar-refractivity contribution < 1.29 is 23.1 Å². The van der Waals surface area contributed by atoms with E-state index >= 15 is 0 Å². The molecule has 1 aliphatic rings. The van der Waals surface area contributed by atoms with Crippen molar-refractivity contribution >= 4 is 23.2 Å². The summed E-state index contributed by atoms with van der Waals surface area (Å²) in [6.07, 6.45) is 0.276. The number of carbonyl (C=O) groups is 2. The second kappa shape index (κ2) is 6.04. The van der Waals surface area contributed by atoms with Gasteiger partial charge in [0.15, 0.2) is 0 Å². The summed E-state index contributed by atoms with van der Waals surface area (Å²) in [5.74, 6) is -0.484. The molecule has 0 saturated carbocycles. The first kappa shape index (κ1) is 15.0. The van der Waals surface area contributed by atoms with Gasteiger partial charge >= 0.3 is 6.61 Å². The Balaban J connectivity index is 1.70. The Hall–Kier alpha value is -2.96. The molecule has 0 unspecified atom stereocenters. The van der Waals surface area contributed by atoms with E-state index in [4.69, 9.17) is 0 Å². The smallest absolute Gasteiger partial charge is 0.387 e. The lowest BCUT2D eigenvalue weighted by molar-refractivity contribution is -0.115. The van der Waals surface area contributed by atoms with E-state index in [1.807, 2.05) is 0 Å². The molecule has 0 radical (unpaired) electrons. The van der Waals surface area contributed by atoms with Crippen LogP contribution in [-0.2, 0) is 11.2 Å². The summed E-state index contributed by atoms with van der Waals surface area (Å²) in [7, 11) is 0. The third-order valence-corrected chi connectivity index (χ3v) is 3.33. The van der Waals surface area contributed by atoms with Crippen LogP contribution in [0.5, 0.6) is 5.75 Å². The molecule has 0 fully saturated rings. The molecule has 2 amide bonds. The van der Waals surface area contributed by atoms with E-state index < -0.39 is 6.61 Å². The molecule has 2 N–H and O–H groups in total. The molecule has 2 aromatic carbocycles. The molecule has 0 aliphatic carbocycles. The van der Waals surface area contributed by atoms with Gasteiger partial charge in [-0.25, -0.2) is 0 Å². The van der Waals surface area contributed by atoms with Crippen LogP contribution >= 0.6 is 0 Å². The first-order chi connectivity index (χ1) is 11.0. The van der Waals surface area contributed by atoms with Gasteiger partial charge in [-0.2, -0.15) is 8.78 Å². The van der Waals surface area contributed by atoms with Gasteiger partial charge in [-0.1, -0.05) is 0 Å². The monoisotopic (exact) mass is 318 g/mol. The maximum Gasteiger partial charge on any atom is 0.387 e. The van der Waals surface area contributed by atoms with Crippen LogP contribution in [-0.4, -0.2) is 18.4 Å². The fourth-order valence-corrected chi connectivity index (χ4v) is 2.30. The molecular weight excluding hydrogens is 306 g/mol. The minimum atomic E-state index is -2.91. The van der Waals surface area contributed by atoms with E-state index in [0.717, 1.165) is 11.3 Å². The van der Waals surface area contributed by atoms with Gasteiger partial charge in [-0.05, 0) is 48.0 Å². The molecule has 1 aliphatic heterocycles. The highest BCUT2D eigenvalue weighted by atomic mass is 19.3. The Morgan fingerprint density at radius 3 is 2.61 bits per heavy atom. The van der Waals surface area contributed by atoms with Gasteiger partial charge in [0, 0.05) is 16.9 Å². The molecule has 1 heterocycles. The van der Waals surface area contributed by atoms with Crippen LogP contribution in [0.1, 0.15) is 15.9 Å². The number of ether oxygens (including phenoxy) is 1. The quantitative estimate of drug-likeness (QED) is 0.910. The van der Waals surface area contributed by atoms with Crippen molar-refractivity contribution in [3.05, 3.63) is 53.6 Å². The van der Waals surface area contributed by atoms with Crippen molar-refractivity contribution in [1.82, 2.24) is 0 Å². The number of hydrogen-bond acceptors (Lipinski definition) is 3. The minimum Gasteiger partial charge on any atom is -0.435 e. The summed E-state index contributed by atoms with van der Waals surface area (Å²) in [5.41, 5.74) is 2.41. The van der Waals surface area contributed by atoms with Crippen LogP contribution in [0.3, 0.4) is 0 Å². The maximum atomic E-state index is 12.1. The van der Waals surface area contributed by atoms with Crippen molar-refractivity contribution in [2.45, 2.75) is 13.0 Å². The van der Waals surface area contributed by atoms with Crippen molar-refractivity contribution in [3.63, 3.8) is 0 Å². The molecule has 118 valence electrons. The fraction of sp³-hybridized carbons (Fsp3) is 0.125. The molecule has 2 aromatic rings. The molecular formula is C16H12F2N2O3. The summed E-state index contributed by atoms with van der Waals surface area (Å²) < 4.78 is 28.4. The van der Waals surface area contributed by atoms with Gasteiger partial charge in [0.2, 0.25) is 5.91 Å². The average Bonchev–Trinajstić information content (AvgIpc) is 2.86. The lowest BCUT2D eigenvalue weighted by Crippen LogP contribution is -2.12. The zero-order chi connectivity index (χ0) is 16.4. The number of benzene rings is 2. The Bertz CT molecular complexity index is 760. The second-order valence-electron chi connectivity index (χ2n) is 4.95. The Kier molecular flexibility index (Phi) is 3.92. The number of nitrogens with one attached hydrogen (secondary N) is 2.